The highest BCUT2D eigenvalue weighted by molar-refractivity contribution is 5.19. The third-order valence-corrected chi connectivity index (χ3v) is 2.97. The first kappa shape index (κ1) is 13.8. The molecule has 0 unspecified atom stereocenters. The van der Waals surface area contributed by atoms with E-state index in [1.807, 2.05) is 0 Å². The molecule has 5 heteroatoms. The van der Waals surface area contributed by atoms with Crippen LogP contribution in [0, 0.1) is 0 Å². The van der Waals surface area contributed by atoms with E-state index in [2.05, 4.69) is 49.2 Å². The van der Waals surface area contributed by atoms with Gasteiger partial charge in [0.05, 0.1) is 11.4 Å². The third-order valence-electron chi connectivity index (χ3n) is 2.97. The Balaban J connectivity index is 2.19. The number of hydrogen-bond acceptors (Lipinski definition) is 4. The summed E-state index contributed by atoms with van der Waals surface area (Å²) in [7, 11) is 0. The van der Waals surface area contributed by atoms with Crippen LogP contribution in [0.2, 0.25) is 0 Å². The number of hydrogen-bond donors (Lipinski definition) is 1. The summed E-state index contributed by atoms with van der Waals surface area (Å²) >= 11 is 0. The van der Waals surface area contributed by atoms with Crippen LogP contribution in [0.15, 0.2) is 16.7 Å². The van der Waals surface area contributed by atoms with Crippen molar-refractivity contribution in [3.05, 3.63) is 29.4 Å². The van der Waals surface area contributed by atoms with Gasteiger partial charge in [0.15, 0.2) is 0 Å². The molecule has 5 nitrogen and oxygen atoms in total. The lowest BCUT2D eigenvalue weighted by molar-refractivity contribution is 0.500. The Morgan fingerprint density at radius 2 is 2.05 bits per heavy atom. The zero-order valence-electron chi connectivity index (χ0n) is 12.1. The Morgan fingerprint density at radius 1 is 1.26 bits per heavy atom. The molecule has 0 aliphatic rings. The fraction of sp³-hybridized carbons (Fsp3) is 0.571. The van der Waals surface area contributed by atoms with Crippen molar-refractivity contribution >= 4 is 0 Å². The number of oxazole rings is 1. The molecule has 1 N–H and O–H groups in total. The molecule has 0 saturated heterocycles. The molecule has 0 radical (unpaired) electrons. The molecule has 2 heterocycles. The van der Waals surface area contributed by atoms with Crippen molar-refractivity contribution in [1.29, 1.82) is 0 Å². The predicted octanol–water partition coefficient (Wildman–Crippen LogP) is 2.48. The fourth-order valence-corrected chi connectivity index (χ4v) is 1.85. The van der Waals surface area contributed by atoms with E-state index in [-0.39, 0.29) is 0 Å². The molecular weight excluding hydrogens is 240 g/mol. The average Bonchev–Trinajstić information content (AvgIpc) is 3.02. The Hall–Kier alpha value is -1.62. The van der Waals surface area contributed by atoms with E-state index in [9.17, 15) is 0 Å². The molecule has 0 aromatic carbocycles. The van der Waals surface area contributed by atoms with Crippen molar-refractivity contribution in [2.24, 2.45) is 0 Å². The van der Waals surface area contributed by atoms with Crippen LogP contribution in [0.5, 0.6) is 0 Å². The second kappa shape index (κ2) is 6.02. The highest BCUT2D eigenvalue weighted by atomic mass is 16.4. The zero-order valence-corrected chi connectivity index (χ0v) is 12.1. The van der Waals surface area contributed by atoms with Gasteiger partial charge >= 0.3 is 6.01 Å². The molecule has 19 heavy (non-hydrogen) atoms. The standard InChI is InChI=1S/C14H22N4O/c1-5-11-7-13(6-2)18(17-11)14-16-12(9-19-14)8-15-10(3)4/h7,9-10,15H,5-6,8H2,1-4H3. The summed E-state index contributed by atoms with van der Waals surface area (Å²) in [5.74, 6) is 0. The van der Waals surface area contributed by atoms with E-state index in [1.54, 1.807) is 10.9 Å². The molecule has 0 aliphatic carbocycles. The maximum absolute atomic E-state index is 5.53. The molecule has 0 saturated carbocycles. The molecule has 0 amide bonds. The van der Waals surface area contributed by atoms with E-state index < -0.39 is 0 Å². The Labute approximate surface area is 114 Å². The topological polar surface area (TPSA) is 55.9 Å². The number of aryl methyl sites for hydroxylation is 2. The van der Waals surface area contributed by atoms with Gasteiger partial charge in [0.1, 0.15) is 6.26 Å². The van der Waals surface area contributed by atoms with E-state index in [0.29, 0.717) is 18.6 Å². The maximum atomic E-state index is 5.53. The van der Waals surface area contributed by atoms with Crippen molar-refractivity contribution in [2.45, 2.75) is 53.1 Å². The Kier molecular flexibility index (Phi) is 4.37. The molecule has 0 bridgehead atoms. The van der Waals surface area contributed by atoms with Crippen LogP contribution in [0.3, 0.4) is 0 Å². The van der Waals surface area contributed by atoms with Crippen molar-refractivity contribution < 1.29 is 4.42 Å². The molecule has 104 valence electrons. The third kappa shape index (κ3) is 3.23. The minimum absolute atomic E-state index is 0.433. The molecule has 0 atom stereocenters. The minimum atomic E-state index is 0.433. The highest BCUT2D eigenvalue weighted by Gasteiger charge is 2.12. The Morgan fingerprint density at radius 3 is 2.68 bits per heavy atom. The molecule has 0 aliphatic heterocycles. The average molecular weight is 262 g/mol. The quantitative estimate of drug-likeness (QED) is 0.869. The van der Waals surface area contributed by atoms with Gasteiger partial charge < -0.3 is 9.73 Å². The second-order valence-electron chi connectivity index (χ2n) is 4.90. The van der Waals surface area contributed by atoms with Gasteiger partial charge in [-0.15, -0.1) is 0 Å². The van der Waals surface area contributed by atoms with Crippen LogP contribution in [-0.4, -0.2) is 20.8 Å². The first-order chi connectivity index (χ1) is 9.13. The predicted molar refractivity (Wildman–Crippen MR) is 74.4 cm³/mol. The number of aromatic nitrogens is 3. The fourth-order valence-electron chi connectivity index (χ4n) is 1.85. The van der Waals surface area contributed by atoms with Gasteiger partial charge in [-0.3, -0.25) is 0 Å². The molecule has 2 rings (SSSR count). The monoisotopic (exact) mass is 262 g/mol. The summed E-state index contributed by atoms with van der Waals surface area (Å²) in [5.41, 5.74) is 3.10. The molecule has 0 spiro atoms. The Bertz CT molecular complexity index is 527. The summed E-state index contributed by atoms with van der Waals surface area (Å²) in [6.07, 6.45) is 3.52. The number of nitrogens with zero attached hydrogens (tertiary/aromatic N) is 3. The van der Waals surface area contributed by atoms with Gasteiger partial charge in [-0.05, 0) is 18.9 Å². The summed E-state index contributed by atoms with van der Waals surface area (Å²) < 4.78 is 7.34. The van der Waals surface area contributed by atoms with Crippen LogP contribution < -0.4 is 5.32 Å². The first-order valence-electron chi connectivity index (χ1n) is 6.90. The first-order valence-corrected chi connectivity index (χ1v) is 6.90. The minimum Gasteiger partial charge on any atom is -0.430 e. The summed E-state index contributed by atoms with van der Waals surface area (Å²) in [5, 5.41) is 7.84. The molecule has 2 aromatic rings. The van der Waals surface area contributed by atoms with E-state index >= 15 is 0 Å². The highest BCUT2D eigenvalue weighted by Crippen LogP contribution is 2.14. The van der Waals surface area contributed by atoms with Gasteiger partial charge in [0, 0.05) is 18.3 Å². The van der Waals surface area contributed by atoms with Crippen molar-refractivity contribution in [3.63, 3.8) is 0 Å². The summed E-state index contributed by atoms with van der Waals surface area (Å²) in [4.78, 5) is 4.48. The number of rotatable bonds is 6. The van der Waals surface area contributed by atoms with Gasteiger partial charge in [-0.2, -0.15) is 14.8 Å². The largest absolute Gasteiger partial charge is 0.430 e. The lowest BCUT2D eigenvalue weighted by Crippen LogP contribution is -2.22. The van der Waals surface area contributed by atoms with Gasteiger partial charge in [0.2, 0.25) is 0 Å². The van der Waals surface area contributed by atoms with E-state index in [1.165, 1.54) is 0 Å². The molecular formula is C14H22N4O. The maximum Gasteiger partial charge on any atom is 0.323 e. The van der Waals surface area contributed by atoms with Crippen LogP contribution >= 0.6 is 0 Å². The summed E-state index contributed by atoms with van der Waals surface area (Å²) in [6.45, 7) is 9.13. The van der Waals surface area contributed by atoms with Crippen molar-refractivity contribution in [2.75, 3.05) is 0 Å². The summed E-state index contributed by atoms with van der Waals surface area (Å²) in [6, 6.07) is 3.09. The SMILES string of the molecule is CCc1cc(CC)n(-c2nc(CNC(C)C)co2)n1. The smallest absolute Gasteiger partial charge is 0.323 e. The van der Waals surface area contributed by atoms with Crippen molar-refractivity contribution in [1.82, 2.24) is 20.1 Å². The lowest BCUT2D eigenvalue weighted by atomic mass is 10.3. The van der Waals surface area contributed by atoms with Crippen LogP contribution in [0.1, 0.15) is 44.8 Å². The second-order valence-corrected chi connectivity index (χ2v) is 4.90. The van der Waals surface area contributed by atoms with E-state index in [4.69, 9.17) is 4.42 Å². The van der Waals surface area contributed by atoms with Crippen molar-refractivity contribution in [3.8, 4) is 6.01 Å². The van der Waals surface area contributed by atoms with Gasteiger partial charge in [-0.25, -0.2) is 0 Å². The van der Waals surface area contributed by atoms with Crippen LogP contribution in [0.25, 0.3) is 6.01 Å². The molecule has 0 fully saturated rings. The van der Waals surface area contributed by atoms with E-state index in [0.717, 1.165) is 29.9 Å². The van der Waals surface area contributed by atoms with Crippen LogP contribution in [0.4, 0.5) is 0 Å². The lowest BCUT2D eigenvalue weighted by Gasteiger charge is -2.04. The van der Waals surface area contributed by atoms with Gasteiger partial charge in [-0.1, -0.05) is 27.7 Å². The van der Waals surface area contributed by atoms with Gasteiger partial charge in [0.25, 0.3) is 0 Å². The molecule has 2 aromatic heterocycles. The zero-order chi connectivity index (χ0) is 13.8. The number of nitrogens with one attached hydrogen (secondary N) is 1. The normalized spacial score (nSPS) is 11.4. The van der Waals surface area contributed by atoms with Crippen LogP contribution in [-0.2, 0) is 19.4 Å².